The minimum absolute atomic E-state index is 0.00722. The van der Waals surface area contributed by atoms with Gasteiger partial charge in [-0.15, -0.1) is 0 Å². The fraction of sp³-hybridized carbons (Fsp3) is 0.556. The zero-order valence-electron chi connectivity index (χ0n) is 9.89. The molecule has 94 valence electrons. The highest BCUT2D eigenvalue weighted by molar-refractivity contribution is 7.98. The Morgan fingerprint density at radius 2 is 2.18 bits per heavy atom. The maximum absolute atomic E-state index is 11.0. The van der Waals surface area contributed by atoms with E-state index in [9.17, 15) is 10.1 Å². The van der Waals surface area contributed by atoms with Gasteiger partial charge in [0.1, 0.15) is 0 Å². The Balaban J connectivity index is 3.32. The van der Waals surface area contributed by atoms with Crippen LogP contribution < -0.4 is 10.1 Å². The zero-order chi connectivity index (χ0) is 12.8. The van der Waals surface area contributed by atoms with Crippen LogP contribution in [-0.4, -0.2) is 34.3 Å². The van der Waals surface area contributed by atoms with E-state index in [0.29, 0.717) is 18.3 Å². The Labute approximate surface area is 103 Å². The first-order valence-electron chi connectivity index (χ1n) is 5.11. The predicted octanol–water partition coefficient (Wildman–Crippen LogP) is 1.94. The lowest BCUT2D eigenvalue weighted by Gasteiger charge is -2.09. The fourth-order valence-corrected chi connectivity index (χ4v) is 1.56. The van der Waals surface area contributed by atoms with E-state index in [4.69, 9.17) is 4.74 Å². The summed E-state index contributed by atoms with van der Waals surface area (Å²) in [7, 11) is 0. The van der Waals surface area contributed by atoms with Crippen LogP contribution in [0.15, 0.2) is 5.16 Å². The molecule has 0 fully saturated rings. The number of thioether (sulfide) groups is 1. The number of aromatic nitrogens is 2. The van der Waals surface area contributed by atoms with Crippen LogP contribution in [0.2, 0.25) is 0 Å². The van der Waals surface area contributed by atoms with Crippen molar-refractivity contribution < 1.29 is 9.66 Å². The summed E-state index contributed by atoms with van der Waals surface area (Å²) < 4.78 is 5.18. The standard InChI is InChI=1S/C9H14N4O3S/c1-4-10-7-6(13(14)15)8(16-5-2)12-9(11-7)17-3/h4-5H2,1-3H3,(H,10,11,12). The molecule has 0 aromatic carbocycles. The summed E-state index contributed by atoms with van der Waals surface area (Å²) in [6.07, 6.45) is 1.80. The van der Waals surface area contributed by atoms with Crippen molar-refractivity contribution in [3.63, 3.8) is 0 Å². The van der Waals surface area contributed by atoms with Gasteiger partial charge < -0.3 is 10.1 Å². The molecule has 1 aromatic rings. The third-order valence-electron chi connectivity index (χ3n) is 1.82. The largest absolute Gasteiger partial charge is 0.473 e. The van der Waals surface area contributed by atoms with Crippen molar-refractivity contribution in [2.24, 2.45) is 0 Å². The molecule has 0 aliphatic carbocycles. The van der Waals surface area contributed by atoms with Crippen molar-refractivity contribution in [1.82, 2.24) is 9.97 Å². The molecule has 0 saturated heterocycles. The molecule has 0 aliphatic rings. The summed E-state index contributed by atoms with van der Waals surface area (Å²) in [4.78, 5) is 18.5. The molecule has 17 heavy (non-hydrogen) atoms. The van der Waals surface area contributed by atoms with Gasteiger partial charge in [0.25, 0.3) is 0 Å². The van der Waals surface area contributed by atoms with E-state index in [1.165, 1.54) is 11.8 Å². The summed E-state index contributed by atoms with van der Waals surface area (Å²) in [5.74, 6) is 0.202. The Hall–Kier alpha value is -1.57. The third-order valence-corrected chi connectivity index (χ3v) is 2.37. The lowest BCUT2D eigenvalue weighted by molar-refractivity contribution is -0.385. The van der Waals surface area contributed by atoms with Gasteiger partial charge in [-0.3, -0.25) is 10.1 Å². The normalized spacial score (nSPS) is 10.1. The van der Waals surface area contributed by atoms with Crippen LogP contribution in [0.25, 0.3) is 0 Å². The first-order chi connectivity index (χ1) is 8.13. The third kappa shape index (κ3) is 3.19. The molecule has 0 spiro atoms. The van der Waals surface area contributed by atoms with Crippen molar-refractivity contribution in [2.75, 3.05) is 24.7 Å². The van der Waals surface area contributed by atoms with Crippen LogP contribution in [0.1, 0.15) is 13.8 Å². The van der Waals surface area contributed by atoms with Crippen molar-refractivity contribution in [1.29, 1.82) is 0 Å². The number of nitrogens with zero attached hydrogens (tertiary/aromatic N) is 3. The fourth-order valence-electron chi connectivity index (χ4n) is 1.20. The number of anilines is 1. The van der Waals surface area contributed by atoms with Crippen LogP contribution in [0.3, 0.4) is 0 Å². The minimum atomic E-state index is -0.535. The molecule has 1 aromatic heterocycles. The number of hydrogen-bond acceptors (Lipinski definition) is 7. The van der Waals surface area contributed by atoms with Gasteiger partial charge in [0, 0.05) is 6.54 Å². The lowest BCUT2D eigenvalue weighted by atomic mass is 10.4. The summed E-state index contributed by atoms with van der Waals surface area (Å²) in [5, 5.41) is 14.3. The molecule has 0 unspecified atom stereocenters. The van der Waals surface area contributed by atoms with Gasteiger partial charge in [0.2, 0.25) is 5.82 Å². The van der Waals surface area contributed by atoms with E-state index < -0.39 is 4.92 Å². The smallest absolute Gasteiger partial charge is 0.372 e. The van der Waals surface area contributed by atoms with Crippen LogP contribution in [0.5, 0.6) is 5.88 Å². The summed E-state index contributed by atoms with van der Waals surface area (Å²) in [6, 6.07) is 0. The van der Waals surface area contributed by atoms with Crippen molar-refractivity contribution in [3.8, 4) is 5.88 Å². The molecule has 1 rings (SSSR count). The minimum Gasteiger partial charge on any atom is -0.473 e. The Morgan fingerprint density at radius 3 is 2.65 bits per heavy atom. The molecule has 0 saturated carbocycles. The molecular weight excluding hydrogens is 244 g/mol. The number of rotatable bonds is 6. The number of hydrogen-bond donors (Lipinski definition) is 1. The first kappa shape index (κ1) is 13.5. The molecule has 0 atom stereocenters. The number of nitro groups is 1. The molecule has 0 radical (unpaired) electrons. The highest BCUT2D eigenvalue weighted by Crippen LogP contribution is 2.33. The van der Waals surface area contributed by atoms with E-state index in [-0.39, 0.29) is 17.4 Å². The van der Waals surface area contributed by atoms with Crippen LogP contribution in [-0.2, 0) is 0 Å². The van der Waals surface area contributed by atoms with Crippen molar-refractivity contribution in [3.05, 3.63) is 10.1 Å². The van der Waals surface area contributed by atoms with Gasteiger partial charge in [-0.1, -0.05) is 11.8 Å². The Bertz CT molecular complexity index is 386. The van der Waals surface area contributed by atoms with Gasteiger partial charge >= 0.3 is 11.6 Å². The average Bonchev–Trinajstić information content (AvgIpc) is 2.28. The molecule has 1 N–H and O–H groups in total. The predicted molar refractivity (Wildman–Crippen MR) is 65.8 cm³/mol. The maximum Gasteiger partial charge on any atom is 0.372 e. The average molecular weight is 258 g/mol. The second-order valence-electron chi connectivity index (χ2n) is 2.93. The van der Waals surface area contributed by atoms with Crippen molar-refractivity contribution >= 4 is 23.3 Å². The van der Waals surface area contributed by atoms with E-state index in [2.05, 4.69) is 15.3 Å². The molecule has 7 nitrogen and oxygen atoms in total. The van der Waals surface area contributed by atoms with Gasteiger partial charge in [0.05, 0.1) is 11.5 Å². The van der Waals surface area contributed by atoms with E-state index in [1.54, 1.807) is 13.2 Å². The topological polar surface area (TPSA) is 90.2 Å². The summed E-state index contributed by atoms with van der Waals surface area (Å²) in [5.41, 5.74) is -0.216. The molecule has 0 aliphatic heterocycles. The molecule has 0 amide bonds. The van der Waals surface area contributed by atoms with Gasteiger partial charge in [0.15, 0.2) is 5.16 Å². The zero-order valence-corrected chi connectivity index (χ0v) is 10.7. The SMILES string of the molecule is CCNc1nc(SC)nc(OCC)c1[N+](=O)[O-]. The second-order valence-corrected chi connectivity index (χ2v) is 3.71. The Kier molecular flexibility index (Phi) is 4.95. The molecule has 8 heteroatoms. The highest BCUT2D eigenvalue weighted by atomic mass is 32.2. The number of nitrogens with one attached hydrogen (secondary N) is 1. The van der Waals surface area contributed by atoms with E-state index >= 15 is 0 Å². The summed E-state index contributed by atoms with van der Waals surface area (Å²) in [6.45, 7) is 4.44. The van der Waals surface area contributed by atoms with Crippen molar-refractivity contribution in [2.45, 2.75) is 19.0 Å². The quantitative estimate of drug-likeness (QED) is 0.361. The summed E-state index contributed by atoms with van der Waals surface area (Å²) >= 11 is 1.30. The number of ether oxygens (including phenoxy) is 1. The molecular formula is C9H14N4O3S. The Morgan fingerprint density at radius 1 is 1.47 bits per heavy atom. The maximum atomic E-state index is 11.0. The second kappa shape index (κ2) is 6.24. The monoisotopic (exact) mass is 258 g/mol. The van der Waals surface area contributed by atoms with Gasteiger partial charge in [-0.05, 0) is 20.1 Å². The van der Waals surface area contributed by atoms with Crippen LogP contribution >= 0.6 is 11.8 Å². The van der Waals surface area contributed by atoms with Gasteiger partial charge in [-0.25, -0.2) is 0 Å². The molecule has 0 bridgehead atoms. The van der Waals surface area contributed by atoms with Crippen LogP contribution in [0.4, 0.5) is 11.5 Å². The van der Waals surface area contributed by atoms with E-state index in [0.717, 1.165) is 0 Å². The first-order valence-corrected chi connectivity index (χ1v) is 6.33. The highest BCUT2D eigenvalue weighted by Gasteiger charge is 2.25. The van der Waals surface area contributed by atoms with Crippen LogP contribution in [0, 0.1) is 10.1 Å². The van der Waals surface area contributed by atoms with E-state index in [1.807, 2.05) is 6.92 Å². The van der Waals surface area contributed by atoms with Gasteiger partial charge in [-0.2, -0.15) is 9.97 Å². The molecule has 1 heterocycles. The lowest BCUT2D eigenvalue weighted by Crippen LogP contribution is -2.08.